The highest BCUT2D eigenvalue weighted by Crippen LogP contribution is 2.14. The van der Waals surface area contributed by atoms with Gasteiger partial charge < -0.3 is 9.67 Å². The van der Waals surface area contributed by atoms with Gasteiger partial charge in [-0.2, -0.15) is 0 Å². The van der Waals surface area contributed by atoms with E-state index in [0.717, 1.165) is 12.8 Å². The highest BCUT2D eigenvalue weighted by Gasteiger charge is 2.10. The van der Waals surface area contributed by atoms with Gasteiger partial charge in [0, 0.05) is 12.7 Å². The zero-order valence-corrected chi connectivity index (χ0v) is 8.21. The largest absolute Gasteiger partial charge is 0.477 e. The number of carboxylic acids is 1. The molecular formula is C9H12ClNO2. The van der Waals surface area contributed by atoms with Crippen LogP contribution in [0.3, 0.4) is 0 Å². The van der Waals surface area contributed by atoms with Crippen LogP contribution in [-0.4, -0.2) is 15.6 Å². The van der Waals surface area contributed by atoms with Crippen molar-refractivity contribution in [1.82, 2.24) is 4.57 Å². The van der Waals surface area contributed by atoms with Gasteiger partial charge in [-0.25, -0.2) is 4.79 Å². The van der Waals surface area contributed by atoms with Gasteiger partial charge in [0.2, 0.25) is 0 Å². The maximum Gasteiger partial charge on any atom is 0.352 e. The third-order valence-corrected chi connectivity index (χ3v) is 2.04. The van der Waals surface area contributed by atoms with Crippen molar-refractivity contribution in [3.63, 3.8) is 0 Å². The lowest BCUT2D eigenvalue weighted by Gasteiger charge is -2.03. The third kappa shape index (κ3) is 2.49. The van der Waals surface area contributed by atoms with Crippen molar-refractivity contribution >= 4 is 17.6 Å². The Morgan fingerprint density at radius 3 is 2.92 bits per heavy atom. The van der Waals surface area contributed by atoms with Crippen LogP contribution in [0.5, 0.6) is 0 Å². The Morgan fingerprint density at radius 2 is 2.38 bits per heavy atom. The number of aromatic nitrogens is 1. The molecule has 0 spiro atoms. The van der Waals surface area contributed by atoms with E-state index in [2.05, 4.69) is 6.92 Å². The summed E-state index contributed by atoms with van der Waals surface area (Å²) >= 11 is 5.70. The molecule has 0 unspecified atom stereocenters. The molecule has 1 heterocycles. The fourth-order valence-electron chi connectivity index (χ4n) is 1.17. The fraction of sp³-hybridized carbons (Fsp3) is 0.444. The van der Waals surface area contributed by atoms with Crippen LogP contribution in [0.1, 0.15) is 30.3 Å². The van der Waals surface area contributed by atoms with E-state index in [1.807, 2.05) is 0 Å². The summed E-state index contributed by atoms with van der Waals surface area (Å²) in [6.45, 7) is 2.77. The first-order valence-electron chi connectivity index (χ1n) is 4.24. The van der Waals surface area contributed by atoms with E-state index in [1.165, 1.54) is 6.07 Å². The van der Waals surface area contributed by atoms with Crippen molar-refractivity contribution in [1.29, 1.82) is 0 Å². The van der Waals surface area contributed by atoms with Gasteiger partial charge in [0.1, 0.15) is 5.69 Å². The highest BCUT2D eigenvalue weighted by molar-refractivity contribution is 6.30. The molecular weight excluding hydrogens is 190 g/mol. The molecule has 0 radical (unpaired) electrons. The summed E-state index contributed by atoms with van der Waals surface area (Å²) in [6.07, 6.45) is 3.65. The lowest BCUT2D eigenvalue weighted by atomic mass is 10.3. The fourth-order valence-corrected chi connectivity index (χ4v) is 1.39. The first-order chi connectivity index (χ1) is 6.15. The summed E-state index contributed by atoms with van der Waals surface area (Å²) in [5, 5.41) is 9.28. The number of aromatic carboxylic acids is 1. The SMILES string of the molecule is CCCCn1cc(Cl)cc1C(=O)O. The molecule has 1 rings (SSSR count). The normalized spacial score (nSPS) is 10.3. The summed E-state index contributed by atoms with van der Waals surface area (Å²) in [7, 11) is 0. The highest BCUT2D eigenvalue weighted by atomic mass is 35.5. The van der Waals surface area contributed by atoms with Crippen LogP contribution in [0, 0.1) is 0 Å². The van der Waals surface area contributed by atoms with Crippen molar-refractivity contribution in [3.05, 3.63) is 23.0 Å². The van der Waals surface area contributed by atoms with Gasteiger partial charge in [0.05, 0.1) is 5.02 Å². The van der Waals surface area contributed by atoms with E-state index < -0.39 is 5.97 Å². The number of aryl methyl sites for hydroxylation is 1. The van der Waals surface area contributed by atoms with Crippen LogP contribution in [0.4, 0.5) is 0 Å². The zero-order valence-electron chi connectivity index (χ0n) is 7.46. The molecule has 1 N–H and O–H groups in total. The average Bonchev–Trinajstić information content (AvgIpc) is 2.43. The molecule has 0 aliphatic rings. The average molecular weight is 202 g/mol. The van der Waals surface area contributed by atoms with Crippen molar-refractivity contribution in [2.75, 3.05) is 0 Å². The summed E-state index contributed by atoms with van der Waals surface area (Å²) in [4.78, 5) is 10.7. The number of hydrogen-bond donors (Lipinski definition) is 1. The molecule has 3 nitrogen and oxygen atoms in total. The number of unbranched alkanes of at least 4 members (excludes halogenated alkanes) is 1. The molecule has 0 saturated carbocycles. The monoisotopic (exact) mass is 201 g/mol. The molecule has 0 aliphatic heterocycles. The van der Waals surface area contributed by atoms with E-state index in [-0.39, 0.29) is 5.69 Å². The maximum atomic E-state index is 10.7. The van der Waals surface area contributed by atoms with Crippen LogP contribution in [0.25, 0.3) is 0 Å². The molecule has 0 fully saturated rings. The molecule has 13 heavy (non-hydrogen) atoms. The maximum absolute atomic E-state index is 10.7. The molecule has 0 bridgehead atoms. The summed E-state index contributed by atoms with van der Waals surface area (Å²) in [5.41, 5.74) is 0.262. The minimum absolute atomic E-state index is 0.262. The van der Waals surface area contributed by atoms with Crippen molar-refractivity contribution in [2.45, 2.75) is 26.3 Å². The Labute approximate surface area is 81.9 Å². The molecule has 1 aromatic rings. The Balaban J connectivity index is 2.84. The lowest BCUT2D eigenvalue weighted by molar-refractivity contribution is 0.0685. The minimum atomic E-state index is -0.928. The van der Waals surface area contributed by atoms with Crippen LogP contribution < -0.4 is 0 Å². The van der Waals surface area contributed by atoms with Crippen LogP contribution in [0.15, 0.2) is 12.3 Å². The van der Waals surface area contributed by atoms with E-state index in [4.69, 9.17) is 16.7 Å². The van der Waals surface area contributed by atoms with Gasteiger partial charge in [-0.3, -0.25) is 0 Å². The second-order valence-corrected chi connectivity index (χ2v) is 3.33. The molecule has 1 aromatic heterocycles. The number of carboxylic acid groups (broad SMARTS) is 1. The molecule has 4 heteroatoms. The third-order valence-electron chi connectivity index (χ3n) is 1.83. The molecule has 0 aromatic carbocycles. The van der Waals surface area contributed by atoms with Crippen molar-refractivity contribution < 1.29 is 9.90 Å². The first kappa shape index (κ1) is 10.1. The molecule has 0 amide bonds. The van der Waals surface area contributed by atoms with Crippen LogP contribution in [0.2, 0.25) is 5.02 Å². The van der Waals surface area contributed by atoms with Gasteiger partial charge in [-0.1, -0.05) is 24.9 Å². The number of rotatable bonds is 4. The Hall–Kier alpha value is -0.960. The summed E-state index contributed by atoms with van der Waals surface area (Å²) in [6, 6.07) is 1.47. The minimum Gasteiger partial charge on any atom is -0.477 e. The summed E-state index contributed by atoms with van der Waals surface area (Å²) in [5.74, 6) is -0.928. The second kappa shape index (κ2) is 4.33. The molecule has 72 valence electrons. The lowest BCUT2D eigenvalue weighted by Crippen LogP contribution is -2.07. The van der Waals surface area contributed by atoms with E-state index >= 15 is 0 Å². The van der Waals surface area contributed by atoms with Gasteiger partial charge in [0.25, 0.3) is 0 Å². The van der Waals surface area contributed by atoms with Crippen molar-refractivity contribution in [2.24, 2.45) is 0 Å². The van der Waals surface area contributed by atoms with Gasteiger partial charge in [-0.15, -0.1) is 0 Å². The number of halogens is 1. The quantitative estimate of drug-likeness (QED) is 0.814. The first-order valence-corrected chi connectivity index (χ1v) is 4.62. The Morgan fingerprint density at radius 1 is 1.69 bits per heavy atom. The van der Waals surface area contributed by atoms with Crippen molar-refractivity contribution in [3.8, 4) is 0 Å². The second-order valence-electron chi connectivity index (χ2n) is 2.90. The number of nitrogens with zero attached hydrogens (tertiary/aromatic N) is 1. The molecule has 0 saturated heterocycles. The topological polar surface area (TPSA) is 42.2 Å². The smallest absolute Gasteiger partial charge is 0.352 e. The predicted molar refractivity (Wildman–Crippen MR) is 51.3 cm³/mol. The van der Waals surface area contributed by atoms with Gasteiger partial charge in [-0.05, 0) is 12.5 Å². The van der Waals surface area contributed by atoms with Gasteiger partial charge >= 0.3 is 5.97 Å². The van der Waals surface area contributed by atoms with E-state index in [1.54, 1.807) is 10.8 Å². The van der Waals surface area contributed by atoms with Crippen LogP contribution in [-0.2, 0) is 6.54 Å². The van der Waals surface area contributed by atoms with E-state index in [9.17, 15) is 4.79 Å². The number of hydrogen-bond acceptors (Lipinski definition) is 1. The van der Waals surface area contributed by atoms with E-state index in [0.29, 0.717) is 11.6 Å². The Bertz CT molecular complexity index is 307. The molecule has 0 aliphatic carbocycles. The number of carbonyl (C=O) groups is 1. The predicted octanol–water partition coefficient (Wildman–Crippen LogP) is 2.64. The standard InChI is InChI=1S/C9H12ClNO2/c1-2-3-4-11-6-7(10)5-8(11)9(12)13/h5-6H,2-4H2,1H3,(H,12,13). The zero-order chi connectivity index (χ0) is 9.84. The Kier molecular flexibility index (Phi) is 3.37. The van der Waals surface area contributed by atoms with Gasteiger partial charge in [0.15, 0.2) is 0 Å². The molecule has 0 atom stereocenters. The summed E-state index contributed by atoms with van der Waals surface area (Å²) < 4.78 is 1.67. The van der Waals surface area contributed by atoms with Crippen LogP contribution >= 0.6 is 11.6 Å².